The van der Waals surface area contributed by atoms with Gasteiger partial charge in [0.05, 0.1) is 12.2 Å². The van der Waals surface area contributed by atoms with E-state index < -0.39 is 11.9 Å². The van der Waals surface area contributed by atoms with E-state index in [1.807, 2.05) is 6.07 Å². The summed E-state index contributed by atoms with van der Waals surface area (Å²) in [5, 5.41) is 22.2. The Labute approximate surface area is 184 Å². The molecule has 1 aliphatic carbocycles. The van der Waals surface area contributed by atoms with Crippen LogP contribution in [0.15, 0.2) is 29.8 Å². The number of carbonyl (C=O) groups excluding carboxylic acids is 2. The SMILES string of the molecule is CCOC(=O)COc1ccc(C=C(C#N)C(=O)Nc2sc3c(c2C#N)CCCC3)cc1. The zero-order chi connectivity index (χ0) is 22.2. The smallest absolute Gasteiger partial charge is 0.344 e. The molecule has 0 unspecified atom stereocenters. The fourth-order valence-electron chi connectivity index (χ4n) is 3.26. The molecule has 7 nitrogen and oxygen atoms in total. The standard InChI is InChI=1S/C23H21N3O4S/c1-2-29-21(27)14-30-17-9-7-15(8-10-17)11-16(12-24)22(28)26-23-19(13-25)18-5-3-4-6-20(18)31-23/h7-11H,2-6,14H2,1H3,(H,26,28). The van der Waals surface area contributed by atoms with Crippen molar-refractivity contribution >= 4 is 34.3 Å². The van der Waals surface area contributed by atoms with Crippen LogP contribution in [0.5, 0.6) is 5.75 Å². The number of hydrogen-bond acceptors (Lipinski definition) is 7. The molecule has 1 aromatic heterocycles. The van der Waals surface area contributed by atoms with Gasteiger partial charge in [-0.05, 0) is 61.9 Å². The molecule has 1 aromatic carbocycles. The molecule has 0 saturated carbocycles. The van der Waals surface area contributed by atoms with Gasteiger partial charge in [-0.25, -0.2) is 4.79 Å². The second-order valence-corrected chi connectivity index (χ2v) is 7.92. The number of nitrogens with zero attached hydrogens (tertiary/aromatic N) is 2. The van der Waals surface area contributed by atoms with Gasteiger partial charge in [-0.3, -0.25) is 4.79 Å². The second-order valence-electron chi connectivity index (χ2n) is 6.81. The Morgan fingerprint density at radius 1 is 1.19 bits per heavy atom. The van der Waals surface area contributed by atoms with Crippen LogP contribution in [0.4, 0.5) is 5.00 Å². The largest absolute Gasteiger partial charge is 0.482 e. The lowest BCUT2D eigenvalue weighted by molar-refractivity contribution is -0.145. The van der Waals surface area contributed by atoms with Gasteiger partial charge in [-0.15, -0.1) is 11.3 Å². The van der Waals surface area contributed by atoms with E-state index in [2.05, 4.69) is 11.4 Å². The monoisotopic (exact) mass is 435 g/mol. The number of fused-ring (bicyclic) bond motifs is 1. The van der Waals surface area contributed by atoms with Crippen molar-refractivity contribution in [2.75, 3.05) is 18.5 Å². The van der Waals surface area contributed by atoms with E-state index in [0.29, 0.717) is 21.9 Å². The first-order chi connectivity index (χ1) is 15.0. The summed E-state index contributed by atoms with van der Waals surface area (Å²) in [7, 11) is 0. The molecular weight excluding hydrogens is 414 g/mol. The van der Waals surface area contributed by atoms with Gasteiger partial charge in [0.25, 0.3) is 5.91 Å². The predicted molar refractivity (Wildman–Crippen MR) is 116 cm³/mol. The minimum absolute atomic E-state index is 0.0737. The number of carbonyl (C=O) groups is 2. The highest BCUT2D eigenvalue weighted by molar-refractivity contribution is 7.16. The molecule has 0 aliphatic heterocycles. The normalized spacial score (nSPS) is 12.8. The van der Waals surface area contributed by atoms with E-state index in [0.717, 1.165) is 36.1 Å². The maximum atomic E-state index is 12.7. The van der Waals surface area contributed by atoms with Crippen molar-refractivity contribution in [3.8, 4) is 17.9 Å². The fourth-order valence-corrected chi connectivity index (χ4v) is 4.50. The van der Waals surface area contributed by atoms with Crippen LogP contribution in [0.25, 0.3) is 6.08 Å². The minimum Gasteiger partial charge on any atom is -0.482 e. The molecule has 31 heavy (non-hydrogen) atoms. The van der Waals surface area contributed by atoms with E-state index in [9.17, 15) is 20.1 Å². The number of benzene rings is 1. The maximum absolute atomic E-state index is 12.7. The van der Waals surface area contributed by atoms with E-state index >= 15 is 0 Å². The number of ether oxygens (including phenoxy) is 2. The van der Waals surface area contributed by atoms with Gasteiger partial charge in [0.2, 0.25) is 0 Å². The molecule has 1 amide bonds. The Hall–Kier alpha value is -3.62. The molecular formula is C23H21N3O4S. The van der Waals surface area contributed by atoms with Crippen molar-refractivity contribution in [1.82, 2.24) is 0 Å². The Bertz CT molecular complexity index is 1090. The number of thiophene rings is 1. The molecule has 2 aromatic rings. The predicted octanol–water partition coefficient (Wildman–Crippen LogP) is 3.99. The highest BCUT2D eigenvalue weighted by atomic mass is 32.1. The Morgan fingerprint density at radius 2 is 1.94 bits per heavy atom. The molecule has 0 saturated heterocycles. The van der Waals surface area contributed by atoms with Gasteiger partial charge in [0.15, 0.2) is 6.61 Å². The summed E-state index contributed by atoms with van der Waals surface area (Å²) < 4.78 is 10.1. The molecule has 0 radical (unpaired) electrons. The van der Waals surface area contributed by atoms with Crippen molar-refractivity contribution in [2.45, 2.75) is 32.6 Å². The van der Waals surface area contributed by atoms with Crippen LogP contribution in [0.3, 0.4) is 0 Å². The summed E-state index contributed by atoms with van der Waals surface area (Å²) in [6.07, 6.45) is 5.33. The molecule has 8 heteroatoms. The van der Waals surface area contributed by atoms with Crippen LogP contribution in [-0.2, 0) is 27.2 Å². The molecule has 0 spiro atoms. The highest BCUT2D eigenvalue weighted by Gasteiger charge is 2.22. The third kappa shape index (κ3) is 5.50. The van der Waals surface area contributed by atoms with Gasteiger partial charge in [0.1, 0.15) is 28.5 Å². The molecule has 0 atom stereocenters. The Kier molecular flexibility index (Phi) is 7.42. The summed E-state index contributed by atoms with van der Waals surface area (Å²) >= 11 is 1.42. The number of anilines is 1. The van der Waals surface area contributed by atoms with Gasteiger partial charge < -0.3 is 14.8 Å². The molecule has 158 valence electrons. The summed E-state index contributed by atoms with van der Waals surface area (Å²) in [4.78, 5) is 25.1. The Morgan fingerprint density at radius 3 is 2.61 bits per heavy atom. The zero-order valence-electron chi connectivity index (χ0n) is 17.1. The number of nitriles is 2. The topological polar surface area (TPSA) is 112 Å². The third-order valence-corrected chi connectivity index (χ3v) is 5.94. The minimum atomic E-state index is -0.555. The van der Waals surface area contributed by atoms with Crippen LogP contribution in [0, 0.1) is 22.7 Å². The fraction of sp³-hybridized carbons (Fsp3) is 0.304. The van der Waals surface area contributed by atoms with E-state index in [4.69, 9.17) is 9.47 Å². The van der Waals surface area contributed by atoms with E-state index in [1.165, 1.54) is 17.4 Å². The second kappa shape index (κ2) is 10.4. The lowest BCUT2D eigenvalue weighted by Gasteiger charge is -2.09. The number of aryl methyl sites for hydroxylation is 1. The third-order valence-electron chi connectivity index (χ3n) is 4.73. The number of rotatable bonds is 7. The van der Waals surface area contributed by atoms with Crippen molar-refractivity contribution in [1.29, 1.82) is 10.5 Å². The summed E-state index contributed by atoms with van der Waals surface area (Å²) in [5.74, 6) is -0.543. The van der Waals surface area contributed by atoms with Crippen LogP contribution in [0.1, 0.15) is 41.3 Å². The van der Waals surface area contributed by atoms with Crippen LogP contribution < -0.4 is 10.1 Å². The van der Waals surface area contributed by atoms with Crippen molar-refractivity contribution in [3.05, 3.63) is 51.4 Å². The highest BCUT2D eigenvalue weighted by Crippen LogP contribution is 2.37. The van der Waals surface area contributed by atoms with Gasteiger partial charge in [-0.2, -0.15) is 10.5 Å². The van der Waals surface area contributed by atoms with Crippen LogP contribution in [0.2, 0.25) is 0 Å². The van der Waals surface area contributed by atoms with Crippen molar-refractivity contribution < 1.29 is 19.1 Å². The van der Waals surface area contributed by atoms with Gasteiger partial charge >= 0.3 is 5.97 Å². The first-order valence-electron chi connectivity index (χ1n) is 9.92. The van der Waals surface area contributed by atoms with E-state index in [-0.39, 0.29) is 18.8 Å². The van der Waals surface area contributed by atoms with Crippen LogP contribution >= 0.6 is 11.3 Å². The van der Waals surface area contributed by atoms with Crippen molar-refractivity contribution in [3.63, 3.8) is 0 Å². The van der Waals surface area contributed by atoms with Crippen molar-refractivity contribution in [2.24, 2.45) is 0 Å². The summed E-state index contributed by atoms with van der Waals surface area (Å²) in [5.41, 5.74) is 2.08. The number of amides is 1. The van der Waals surface area contributed by atoms with Gasteiger partial charge in [0, 0.05) is 4.88 Å². The molecule has 1 heterocycles. The van der Waals surface area contributed by atoms with Crippen LogP contribution in [-0.4, -0.2) is 25.1 Å². The number of nitrogens with one attached hydrogen (secondary N) is 1. The first kappa shape index (κ1) is 22.1. The molecule has 1 N–H and O–H groups in total. The van der Waals surface area contributed by atoms with E-state index in [1.54, 1.807) is 31.2 Å². The summed E-state index contributed by atoms with van der Waals surface area (Å²) in [6.45, 7) is 1.81. The zero-order valence-corrected chi connectivity index (χ0v) is 17.9. The summed E-state index contributed by atoms with van der Waals surface area (Å²) in [6, 6.07) is 10.7. The first-order valence-corrected chi connectivity index (χ1v) is 10.7. The lowest BCUT2D eigenvalue weighted by Crippen LogP contribution is -2.14. The molecule has 1 aliphatic rings. The molecule has 0 bridgehead atoms. The average molecular weight is 436 g/mol. The molecule has 0 fully saturated rings. The van der Waals surface area contributed by atoms with Gasteiger partial charge in [-0.1, -0.05) is 12.1 Å². The Balaban J connectivity index is 1.70. The number of esters is 1. The maximum Gasteiger partial charge on any atom is 0.344 e. The molecule has 3 rings (SSSR count). The average Bonchev–Trinajstić information content (AvgIpc) is 3.13. The lowest BCUT2D eigenvalue weighted by atomic mass is 9.96. The quantitative estimate of drug-likeness (QED) is 0.400. The number of hydrogen-bond donors (Lipinski definition) is 1.